The van der Waals surface area contributed by atoms with E-state index in [1.807, 2.05) is 0 Å². The van der Waals surface area contributed by atoms with Gasteiger partial charge in [-0.15, -0.1) is 0 Å². The molecule has 1 aliphatic carbocycles. The predicted octanol–water partition coefficient (Wildman–Crippen LogP) is 4.56. The maximum absolute atomic E-state index is 13.9. The van der Waals surface area contributed by atoms with E-state index in [0.717, 1.165) is 35.9 Å². The van der Waals surface area contributed by atoms with Crippen molar-refractivity contribution in [2.75, 3.05) is 13.1 Å². The Labute approximate surface area is 174 Å². The molecule has 0 radical (unpaired) electrons. The average Bonchev–Trinajstić information content (AvgIpc) is 3.13. The fourth-order valence-corrected chi connectivity index (χ4v) is 4.93. The zero-order chi connectivity index (χ0) is 21.0. The number of aromatic amines is 1. The number of hydrogen-bond acceptors (Lipinski definition) is 3. The molecule has 2 heterocycles. The minimum absolute atomic E-state index is 0.0625. The van der Waals surface area contributed by atoms with E-state index in [2.05, 4.69) is 48.3 Å². The molecule has 6 heteroatoms. The minimum Gasteiger partial charge on any atom is -0.508 e. The van der Waals surface area contributed by atoms with Crippen molar-refractivity contribution >= 4 is 5.91 Å². The van der Waals surface area contributed by atoms with Crippen LogP contribution in [0.4, 0.5) is 4.39 Å². The molecule has 1 amide bonds. The molecule has 30 heavy (non-hydrogen) atoms. The Balaban J connectivity index is 1.23. The van der Waals surface area contributed by atoms with Crippen LogP contribution in [0.2, 0.25) is 0 Å². The van der Waals surface area contributed by atoms with Crippen molar-refractivity contribution in [2.45, 2.75) is 32.6 Å². The summed E-state index contributed by atoms with van der Waals surface area (Å²) in [5.41, 5.74) is 5.82. The molecule has 0 bridgehead atoms. The molecule has 154 valence electrons. The van der Waals surface area contributed by atoms with E-state index in [4.69, 9.17) is 0 Å². The summed E-state index contributed by atoms with van der Waals surface area (Å²) in [5, 5.41) is 17.3. The summed E-state index contributed by atoms with van der Waals surface area (Å²) in [6, 6.07) is 12.0. The molecule has 2 aliphatic rings. The van der Waals surface area contributed by atoms with Gasteiger partial charge >= 0.3 is 0 Å². The zero-order valence-electron chi connectivity index (χ0n) is 17.1. The number of nitrogens with zero attached hydrogens (tertiary/aromatic N) is 2. The van der Waals surface area contributed by atoms with Crippen LogP contribution in [-0.4, -0.2) is 39.2 Å². The van der Waals surface area contributed by atoms with Crippen molar-refractivity contribution < 1.29 is 14.3 Å². The van der Waals surface area contributed by atoms with Crippen LogP contribution >= 0.6 is 0 Å². The number of hydrogen-bond donors (Lipinski definition) is 2. The number of nitrogens with one attached hydrogen (secondary N) is 1. The van der Waals surface area contributed by atoms with Gasteiger partial charge in [-0.2, -0.15) is 5.10 Å². The number of halogens is 1. The van der Waals surface area contributed by atoms with E-state index in [-0.39, 0.29) is 22.6 Å². The molecule has 1 spiro atoms. The minimum atomic E-state index is -0.596. The normalized spacial score (nSPS) is 17.6. The molecule has 1 aromatic heterocycles. The van der Waals surface area contributed by atoms with Gasteiger partial charge in [0.1, 0.15) is 11.6 Å². The van der Waals surface area contributed by atoms with Gasteiger partial charge in [-0.05, 0) is 62.1 Å². The Bertz CT molecular complexity index is 1140. The Morgan fingerprint density at radius 2 is 1.97 bits per heavy atom. The molecule has 1 saturated carbocycles. The maximum Gasteiger partial charge on any atom is 0.257 e. The second kappa shape index (κ2) is 6.69. The molecular formula is C24H24FN3O2. The van der Waals surface area contributed by atoms with Gasteiger partial charge in [0, 0.05) is 35.7 Å². The Kier molecular flexibility index (Phi) is 4.20. The fraction of sp³-hybridized carbons (Fsp3) is 0.333. The number of phenolic OH excluding ortho intramolecular Hbond substituents is 1. The molecule has 0 atom stereocenters. The van der Waals surface area contributed by atoms with Crippen molar-refractivity contribution in [3.8, 4) is 17.0 Å². The highest BCUT2D eigenvalue weighted by Crippen LogP contribution is 2.56. The molecule has 2 N–H and O–H groups in total. The topological polar surface area (TPSA) is 69.2 Å². The van der Waals surface area contributed by atoms with E-state index < -0.39 is 5.82 Å². The Morgan fingerprint density at radius 1 is 1.20 bits per heavy atom. The third-order valence-electron chi connectivity index (χ3n) is 6.80. The number of aromatic hydroxyl groups is 1. The predicted molar refractivity (Wildman–Crippen MR) is 112 cm³/mol. The number of amides is 1. The second-order valence-electron chi connectivity index (χ2n) is 8.89. The number of rotatable bonds is 3. The van der Waals surface area contributed by atoms with Gasteiger partial charge in [-0.3, -0.25) is 9.89 Å². The van der Waals surface area contributed by atoms with Crippen molar-refractivity contribution in [2.24, 2.45) is 5.41 Å². The molecule has 2 aromatic carbocycles. The Morgan fingerprint density at radius 3 is 2.73 bits per heavy atom. The summed E-state index contributed by atoms with van der Waals surface area (Å²) in [5.74, 6) is -0.637. The van der Waals surface area contributed by atoms with Gasteiger partial charge < -0.3 is 10.0 Å². The molecule has 5 rings (SSSR count). The van der Waals surface area contributed by atoms with Crippen molar-refractivity contribution in [1.82, 2.24) is 15.1 Å². The first-order chi connectivity index (χ1) is 14.3. The summed E-state index contributed by atoms with van der Waals surface area (Å²) in [6.45, 7) is 5.49. The molecule has 2 fully saturated rings. The molecule has 3 aromatic rings. The third kappa shape index (κ3) is 2.98. The second-order valence-corrected chi connectivity index (χ2v) is 8.89. The highest BCUT2D eigenvalue weighted by Gasteiger charge is 2.54. The molecular weight excluding hydrogens is 381 g/mol. The smallest absolute Gasteiger partial charge is 0.257 e. The lowest BCUT2D eigenvalue weighted by Gasteiger charge is -2.59. The summed E-state index contributed by atoms with van der Waals surface area (Å²) in [4.78, 5) is 14.2. The zero-order valence-corrected chi connectivity index (χ0v) is 17.1. The highest BCUT2D eigenvalue weighted by atomic mass is 19.1. The van der Waals surface area contributed by atoms with Crippen molar-refractivity contribution in [3.63, 3.8) is 0 Å². The number of aromatic nitrogens is 2. The van der Waals surface area contributed by atoms with E-state index in [1.54, 1.807) is 4.90 Å². The number of H-pyrrole nitrogens is 1. The monoisotopic (exact) mass is 405 g/mol. The largest absolute Gasteiger partial charge is 0.508 e. The first kappa shape index (κ1) is 18.9. The summed E-state index contributed by atoms with van der Waals surface area (Å²) in [7, 11) is 0. The van der Waals surface area contributed by atoms with Crippen LogP contribution in [0.25, 0.3) is 11.3 Å². The van der Waals surface area contributed by atoms with Gasteiger partial charge in [0.25, 0.3) is 5.91 Å². The van der Waals surface area contributed by atoms with Gasteiger partial charge in [0.2, 0.25) is 0 Å². The number of phenols is 1. The number of carbonyl (C=O) groups excluding carboxylic acids is 1. The van der Waals surface area contributed by atoms with Crippen molar-refractivity contribution in [3.05, 3.63) is 70.7 Å². The lowest BCUT2D eigenvalue weighted by molar-refractivity contribution is -0.0563. The van der Waals surface area contributed by atoms with Crippen molar-refractivity contribution in [1.29, 1.82) is 0 Å². The first-order valence-corrected chi connectivity index (χ1v) is 10.2. The third-order valence-corrected chi connectivity index (χ3v) is 6.80. The van der Waals surface area contributed by atoms with Crippen LogP contribution in [0.5, 0.6) is 5.75 Å². The fourth-order valence-electron chi connectivity index (χ4n) is 4.93. The number of benzene rings is 2. The van der Waals surface area contributed by atoms with Crippen LogP contribution < -0.4 is 0 Å². The SMILES string of the molecule is Cc1cccc(-c2cc(C3CC4(C3)CN(C(=O)c3cc(O)ccc3F)C4)[nH]n2)c1C. The highest BCUT2D eigenvalue weighted by molar-refractivity contribution is 5.95. The Hall–Kier alpha value is -3.15. The molecule has 0 unspecified atom stereocenters. The number of carbonyl (C=O) groups is 1. The average molecular weight is 405 g/mol. The molecule has 1 aliphatic heterocycles. The van der Waals surface area contributed by atoms with Gasteiger partial charge in [0.15, 0.2) is 0 Å². The van der Waals surface area contributed by atoms with E-state index >= 15 is 0 Å². The number of aryl methyl sites for hydroxylation is 1. The number of likely N-dealkylation sites (tertiary alicyclic amines) is 1. The standard InChI is InChI=1S/C24H24FN3O2/c1-14-4-3-5-18(15(14)2)22-9-21(26-27-22)16-10-24(11-16)12-28(13-24)23(30)19-8-17(29)6-7-20(19)25/h3-9,16,29H,10-13H2,1-2H3,(H,26,27). The lowest BCUT2D eigenvalue weighted by Crippen LogP contribution is -2.63. The van der Waals surface area contributed by atoms with Crippen LogP contribution in [0.15, 0.2) is 42.5 Å². The van der Waals surface area contributed by atoms with Crippen LogP contribution in [0.1, 0.15) is 45.9 Å². The summed E-state index contributed by atoms with van der Waals surface area (Å²) >= 11 is 0. The van der Waals surface area contributed by atoms with Gasteiger partial charge in [0.05, 0.1) is 11.3 Å². The van der Waals surface area contributed by atoms with Crippen LogP contribution in [-0.2, 0) is 0 Å². The van der Waals surface area contributed by atoms with E-state index in [1.165, 1.54) is 23.3 Å². The molecule has 5 nitrogen and oxygen atoms in total. The van der Waals surface area contributed by atoms with Crippen LogP contribution in [0, 0.1) is 25.1 Å². The summed E-state index contributed by atoms with van der Waals surface area (Å²) in [6.07, 6.45) is 1.99. The summed E-state index contributed by atoms with van der Waals surface area (Å²) < 4.78 is 13.9. The maximum atomic E-state index is 13.9. The molecule has 1 saturated heterocycles. The van der Waals surface area contributed by atoms with E-state index in [0.29, 0.717) is 19.0 Å². The van der Waals surface area contributed by atoms with Crippen LogP contribution in [0.3, 0.4) is 0 Å². The lowest BCUT2D eigenvalue weighted by atomic mass is 9.57. The van der Waals surface area contributed by atoms with Gasteiger partial charge in [-0.25, -0.2) is 4.39 Å². The first-order valence-electron chi connectivity index (χ1n) is 10.2. The van der Waals surface area contributed by atoms with E-state index in [9.17, 15) is 14.3 Å². The van der Waals surface area contributed by atoms with Gasteiger partial charge in [-0.1, -0.05) is 18.2 Å². The quantitative estimate of drug-likeness (QED) is 0.671.